The van der Waals surface area contributed by atoms with Crippen molar-refractivity contribution in [1.82, 2.24) is 0 Å². The maximum Gasteiger partial charge on any atom is 0.344 e. The maximum absolute atomic E-state index is 13.5. The summed E-state index contributed by atoms with van der Waals surface area (Å²) in [6.07, 6.45) is 3.42. The lowest BCUT2D eigenvalue weighted by molar-refractivity contribution is -0.139. The molecule has 0 spiro atoms. The van der Waals surface area contributed by atoms with E-state index in [1.54, 1.807) is 12.1 Å². The van der Waals surface area contributed by atoms with E-state index in [1.165, 1.54) is 0 Å². The third-order valence-electron chi connectivity index (χ3n) is 6.29. The Morgan fingerprint density at radius 1 is 0.853 bits per heavy atom. The molecule has 0 aliphatic carbocycles. The number of fused-ring (bicyclic) bond motifs is 1. The Morgan fingerprint density at radius 2 is 1.44 bits per heavy atom. The standard InChI is InChI=1S/C30H30O4/c1-3-5-14-21(4-2)29(31)34-28-24-19-12-13-20-25(24)33-30(32)27(28)26(22-15-8-6-9-16-22)23-17-10-7-11-18-23/h6-13,15-21,26H,3-5,14H2,1-2H3. The summed E-state index contributed by atoms with van der Waals surface area (Å²) in [6, 6.07) is 26.8. The molecule has 0 aliphatic rings. The van der Waals surface area contributed by atoms with Crippen molar-refractivity contribution in [1.29, 1.82) is 0 Å². The van der Waals surface area contributed by atoms with Gasteiger partial charge in [-0.3, -0.25) is 4.79 Å². The number of hydrogen-bond donors (Lipinski definition) is 0. The van der Waals surface area contributed by atoms with E-state index in [-0.39, 0.29) is 11.9 Å². The molecule has 0 saturated heterocycles. The van der Waals surface area contributed by atoms with E-state index in [4.69, 9.17) is 9.15 Å². The molecule has 1 atom stereocenters. The lowest BCUT2D eigenvalue weighted by atomic mass is 9.85. The molecular formula is C30H30O4. The Morgan fingerprint density at radius 3 is 2.03 bits per heavy atom. The van der Waals surface area contributed by atoms with Crippen LogP contribution < -0.4 is 10.4 Å². The van der Waals surface area contributed by atoms with Crippen LogP contribution >= 0.6 is 0 Å². The van der Waals surface area contributed by atoms with Gasteiger partial charge in [-0.05, 0) is 36.1 Å². The molecule has 0 amide bonds. The van der Waals surface area contributed by atoms with E-state index in [0.29, 0.717) is 28.7 Å². The van der Waals surface area contributed by atoms with Gasteiger partial charge in [0, 0.05) is 5.92 Å². The molecule has 0 radical (unpaired) electrons. The van der Waals surface area contributed by atoms with Crippen LogP contribution in [0.2, 0.25) is 0 Å². The maximum atomic E-state index is 13.5. The van der Waals surface area contributed by atoms with Crippen molar-refractivity contribution in [2.24, 2.45) is 5.92 Å². The molecule has 1 aromatic heterocycles. The molecule has 34 heavy (non-hydrogen) atoms. The molecule has 4 rings (SSSR count). The van der Waals surface area contributed by atoms with Crippen LogP contribution in [-0.2, 0) is 4.79 Å². The average molecular weight is 455 g/mol. The molecule has 0 saturated carbocycles. The molecule has 3 aromatic carbocycles. The number of para-hydroxylation sites is 1. The van der Waals surface area contributed by atoms with Crippen LogP contribution in [-0.4, -0.2) is 5.97 Å². The zero-order chi connectivity index (χ0) is 23.9. The smallest absolute Gasteiger partial charge is 0.344 e. The zero-order valence-corrected chi connectivity index (χ0v) is 19.7. The van der Waals surface area contributed by atoms with Gasteiger partial charge in [0.05, 0.1) is 16.9 Å². The van der Waals surface area contributed by atoms with Gasteiger partial charge in [-0.1, -0.05) is 99.5 Å². The van der Waals surface area contributed by atoms with Crippen LogP contribution in [0.5, 0.6) is 5.75 Å². The number of ether oxygens (including phenoxy) is 1. The fourth-order valence-electron chi connectivity index (χ4n) is 4.43. The van der Waals surface area contributed by atoms with Crippen molar-refractivity contribution in [2.75, 3.05) is 0 Å². The summed E-state index contributed by atoms with van der Waals surface area (Å²) in [6.45, 7) is 4.10. The Kier molecular flexibility index (Phi) is 7.58. The Bertz CT molecular complexity index is 1250. The van der Waals surface area contributed by atoms with E-state index in [9.17, 15) is 9.59 Å². The molecule has 1 heterocycles. The highest BCUT2D eigenvalue weighted by Crippen LogP contribution is 2.39. The topological polar surface area (TPSA) is 56.5 Å². The molecule has 4 heteroatoms. The first kappa shape index (κ1) is 23.5. The van der Waals surface area contributed by atoms with Gasteiger partial charge in [0.15, 0.2) is 5.75 Å². The molecule has 0 fully saturated rings. The largest absolute Gasteiger partial charge is 0.425 e. The Labute approximate surface area is 200 Å². The van der Waals surface area contributed by atoms with E-state index in [1.807, 2.05) is 79.7 Å². The van der Waals surface area contributed by atoms with Gasteiger partial charge < -0.3 is 9.15 Å². The minimum atomic E-state index is -0.499. The van der Waals surface area contributed by atoms with E-state index in [0.717, 1.165) is 30.4 Å². The highest BCUT2D eigenvalue weighted by Gasteiger charge is 2.30. The average Bonchev–Trinajstić information content (AvgIpc) is 2.87. The number of rotatable bonds is 9. The van der Waals surface area contributed by atoms with E-state index < -0.39 is 11.5 Å². The van der Waals surface area contributed by atoms with Crippen molar-refractivity contribution in [3.63, 3.8) is 0 Å². The first-order valence-corrected chi connectivity index (χ1v) is 12.0. The Balaban J connectivity index is 1.93. The summed E-state index contributed by atoms with van der Waals surface area (Å²) in [5.41, 5.74) is 2.09. The fraction of sp³-hybridized carbons (Fsp3) is 0.267. The lowest BCUT2D eigenvalue weighted by Crippen LogP contribution is -2.24. The molecular weight excluding hydrogens is 424 g/mol. The highest BCUT2D eigenvalue weighted by molar-refractivity contribution is 5.88. The molecule has 4 nitrogen and oxygen atoms in total. The summed E-state index contributed by atoms with van der Waals surface area (Å²) in [4.78, 5) is 26.8. The number of unbranched alkanes of at least 4 members (excludes halogenated alkanes) is 1. The molecule has 1 unspecified atom stereocenters. The molecule has 0 N–H and O–H groups in total. The summed E-state index contributed by atoms with van der Waals surface area (Å²) < 4.78 is 11.9. The SMILES string of the molecule is CCCCC(CC)C(=O)Oc1c(C(c2ccccc2)c2ccccc2)c(=O)oc2ccccc12. The van der Waals surface area contributed by atoms with Crippen LogP contribution in [0.4, 0.5) is 0 Å². The predicted molar refractivity (Wildman–Crippen MR) is 135 cm³/mol. The van der Waals surface area contributed by atoms with Crippen LogP contribution in [0.15, 0.2) is 94.1 Å². The normalized spacial score (nSPS) is 12.1. The van der Waals surface area contributed by atoms with Crippen molar-refractivity contribution < 1.29 is 13.9 Å². The van der Waals surface area contributed by atoms with Crippen LogP contribution in [0.1, 0.15) is 62.1 Å². The Hall–Kier alpha value is -3.66. The van der Waals surface area contributed by atoms with Crippen molar-refractivity contribution in [2.45, 2.75) is 45.4 Å². The van der Waals surface area contributed by atoms with Crippen LogP contribution in [0.3, 0.4) is 0 Å². The van der Waals surface area contributed by atoms with Crippen LogP contribution in [0.25, 0.3) is 11.0 Å². The minimum Gasteiger partial charge on any atom is -0.425 e. The summed E-state index contributed by atoms with van der Waals surface area (Å²) in [7, 11) is 0. The second-order valence-corrected chi connectivity index (χ2v) is 8.55. The number of hydrogen-bond acceptors (Lipinski definition) is 4. The van der Waals surface area contributed by atoms with Gasteiger partial charge in [0.25, 0.3) is 0 Å². The van der Waals surface area contributed by atoms with Gasteiger partial charge >= 0.3 is 11.6 Å². The zero-order valence-electron chi connectivity index (χ0n) is 19.7. The quantitative estimate of drug-likeness (QED) is 0.200. The second kappa shape index (κ2) is 11.0. The van der Waals surface area contributed by atoms with Gasteiger partial charge in [0.1, 0.15) is 5.58 Å². The first-order chi connectivity index (χ1) is 16.6. The minimum absolute atomic E-state index is 0.217. The van der Waals surface area contributed by atoms with Crippen molar-refractivity contribution in [3.05, 3.63) is 112 Å². The first-order valence-electron chi connectivity index (χ1n) is 12.0. The third-order valence-corrected chi connectivity index (χ3v) is 6.29. The number of carbonyl (C=O) groups excluding carboxylic acids is 1. The van der Waals surface area contributed by atoms with Crippen molar-refractivity contribution in [3.8, 4) is 5.75 Å². The predicted octanol–water partition coefficient (Wildman–Crippen LogP) is 7.10. The summed E-state index contributed by atoms with van der Waals surface area (Å²) in [5, 5.41) is 0.618. The summed E-state index contributed by atoms with van der Waals surface area (Å²) in [5.74, 6) is -0.662. The summed E-state index contributed by atoms with van der Waals surface area (Å²) >= 11 is 0. The van der Waals surface area contributed by atoms with E-state index in [2.05, 4.69) is 6.92 Å². The van der Waals surface area contributed by atoms with Crippen LogP contribution in [0, 0.1) is 5.92 Å². The molecule has 0 aliphatic heterocycles. The molecule has 0 bridgehead atoms. The van der Waals surface area contributed by atoms with Gasteiger partial charge in [-0.25, -0.2) is 4.79 Å². The molecule has 4 aromatic rings. The molecule has 174 valence electrons. The highest BCUT2D eigenvalue weighted by atomic mass is 16.5. The van der Waals surface area contributed by atoms with Gasteiger partial charge in [-0.15, -0.1) is 0 Å². The van der Waals surface area contributed by atoms with Crippen molar-refractivity contribution >= 4 is 16.9 Å². The van der Waals surface area contributed by atoms with Gasteiger partial charge in [-0.2, -0.15) is 0 Å². The number of carbonyl (C=O) groups is 1. The fourth-order valence-corrected chi connectivity index (χ4v) is 4.43. The lowest BCUT2D eigenvalue weighted by Gasteiger charge is -2.22. The van der Waals surface area contributed by atoms with E-state index >= 15 is 0 Å². The number of benzene rings is 3. The monoisotopic (exact) mass is 454 g/mol. The second-order valence-electron chi connectivity index (χ2n) is 8.55. The third kappa shape index (κ3) is 4.96. The number of esters is 1. The van der Waals surface area contributed by atoms with Gasteiger partial charge in [0.2, 0.25) is 0 Å².